The highest BCUT2D eigenvalue weighted by Crippen LogP contribution is 2.27. The molecule has 1 amide bonds. The van der Waals surface area contributed by atoms with Gasteiger partial charge in [0.2, 0.25) is 0 Å². The quantitative estimate of drug-likeness (QED) is 0.567. The van der Waals surface area contributed by atoms with Crippen molar-refractivity contribution in [3.05, 3.63) is 29.6 Å². The number of hydrogen-bond donors (Lipinski definition) is 1. The number of halogens is 3. The summed E-state index contributed by atoms with van der Waals surface area (Å²) in [7, 11) is 0. The Bertz CT molecular complexity index is 405. The van der Waals surface area contributed by atoms with E-state index in [0.29, 0.717) is 6.07 Å². The van der Waals surface area contributed by atoms with E-state index in [2.05, 4.69) is 4.98 Å². The van der Waals surface area contributed by atoms with E-state index in [-0.39, 0.29) is 5.56 Å². The smallest absolute Gasteiger partial charge is 0.268 e. The van der Waals surface area contributed by atoms with Crippen molar-refractivity contribution in [2.45, 2.75) is 6.18 Å². The molecule has 1 N–H and O–H groups in total. The van der Waals surface area contributed by atoms with E-state index in [0.717, 1.165) is 12.3 Å². The monoisotopic (exact) mass is 215 g/mol. The molecule has 0 aliphatic heterocycles. The van der Waals surface area contributed by atoms with E-state index in [1.807, 2.05) is 0 Å². The van der Waals surface area contributed by atoms with Gasteiger partial charge >= 0.3 is 6.18 Å². The molecule has 4 nitrogen and oxygen atoms in total. The minimum Gasteiger partial charge on any atom is -0.268 e. The largest absolute Gasteiger partial charge is 0.433 e. The number of carbonyl (C=O) groups is 1. The number of aromatic nitrogens is 1. The van der Waals surface area contributed by atoms with Crippen molar-refractivity contribution in [2.24, 2.45) is 0 Å². The minimum absolute atomic E-state index is 0.107. The number of amides is 1. The zero-order valence-electron chi connectivity index (χ0n) is 7.17. The predicted molar refractivity (Wildman–Crippen MR) is 42.3 cm³/mol. The Labute approximate surface area is 82.3 Å². The topological polar surface area (TPSA) is 65.8 Å². The van der Waals surface area contributed by atoms with E-state index < -0.39 is 17.8 Å². The first-order chi connectivity index (χ1) is 6.95. The van der Waals surface area contributed by atoms with Crippen molar-refractivity contribution in [2.75, 3.05) is 0 Å². The zero-order chi connectivity index (χ0) is 11.5. The number of rotatable bonds is 1. The van der Waals surface area contributed by atoms with Crippen LogP contribution in [0.1, 0.15) is 16.1 Å². The van der Waals surface area contributed by atoms with Crippen molar-refractivity contribution < 1.29 is 18.0 Å². The molecular weight excluding hydrogens is 211 g/mol. The van der Waals surface area contributed by atoms with Gasteiger partial charge in [-0.2, -0.15) is 18.4 Å². The Balaban J connectivity index is 2.92. The lowest BCUT2D eigenvalue weighted by Crippen LogP contribution is -2.18. The Morgan fingerprint density at radius 3 is 2.53 bits per heavy atom. The first-order valence-corrected chi connectivity index (χ1v) is 3.68. The Hall–Kier alpha value is -2.10. The summed E-state index contributed by atoms with van der Waals surface area (Å²) >= 11 is 0. The van der Waals surface area contributed by atoms with E-state index in [1.54, 1.807) is 5.32 Å². The molecule has 0 aliphatic carbocycles. The molecule has 0 unspecified atom stereocenters. The predicted octanol–water partition coefficient (Wildman–Crippen LogP) is 1.31. The van der Waals surface area contributed by atoms with E-state index in [9.17, 15) is 18.0 Å². The summed E-state index contributed by atoms with van der Waals surface area (Å²) in [4.78, 5) is 14.0. The Kier molecular flexibility index (Phi) is 2.90. The van der Waals surface area contributed by atoms with E-state index in [4.69, 9.17) is 5.26 Å². The molecular formula is C8H4F3N3O. The Morgan fingerprint density at radius 1 is 1.47 bits per heavy atom. The number of hydrogen-bond acceptors (Lipinski definition) is 3. The van der Waals surface area contributed by atoms with Crippen molar-refractivity contribution >= 4 is 5.91 Å². The van der Waals surface area contributed by atoms with Crippen molar-refractivity contribution in [3.8, 4) is 6.19 Å². The van der Waals surface area contributed by atoms with Crippen LogP contribution in [0.5, 0.6) is 0 Å². The number of nitriles is 1. The summed E-state index contributed by atoms with van der Waals surface area (Å²) in [5.74, 6) is -0.793. The van der Waals surface area contributed by atoms with Crippen LogP contribution in [0.15, 0.2) is 18.3 Å². The standard InChI is InChI=1S/C8H4F3N3O/c9-8(10,11)6-2-1-5(3-13-6)7(15)14-4-12/h1-3H,(H,14,15). The average molecular weight is 215 g/mol. The lowest BCUT2D eigenvalue weighted by molar-refractivity contribution is -0.141. The molecule has 0 aromatic carbocycles. The van der Waals surface area contributed by atoms with Crippen molar-refractivity contribution in [1.29, 1.82) is 5.26 Å². The van der Waals surface area contributed by atoms with Crippen LogP contribution in [-0.2, 0) is 6.18 Å². The molecule has 0 spiro atoms. The van der Waals surface area contributed by atoms with Gasteiger partial charge in [0.1, 0.15) is 5.69 Å². The van der Waals surface area contributed by atoms with Gasteiger partial charge in [0.05, 0.1) is 5.56 Å². The molecule has 1 aromatic rings. The lowest BCUT2D eigenvalue weighted by atomic mass is 10.2. The van der Waals surface area contributed by atoms with E-state index >= 15 is 0 Å². The molecule has 1 rings (SSSR count). The third-order valence-corrected chi connectivity index (χ3v) is 1.49. The lowest BCUT2D eigenvalue weighted by Gasteiger charge is -2.05. The second kappa shape index (κ2) is 3.96. The van der Waals surface area contributed by atoms with Gasteiger partial charge < -0.3 is 0 Å². The fraction of sp³-hybridized carbons (Fsp3) is 0.125. The molecule has 0 radical (unpaired) electrons. The summed E-state index contributed by atoms with van der Waals surface area (Å²) in [6.07, 6.45) is -2.42. The maximum absolute atomic E-state index is 12.1. The summed E-state index contributed by atoms with van der Waals surface area (Å²) in [6.45, 7) is 0. The third-order valence-electron chi connectivity index (χ3n) is 1.49. The fourth-order valence-corrected chi connectivity index (χ4v) is 0.819. The number of alkyl halides is 3. The first-order valence-electron chi connectivity index (χ1n) is 3.68. The second-order valence-corrected chi connectivity index (χ2v) is 2.50. The molecule has 78 valence electrons. The van der Waals surface area contributed by atoms with Gasteiger partial charge in [-0.1, -0.05) is 0 Å². The molecule has 1 aromatic heterocycles. The normalized spacial score (nSPS) is 10.5. The van der Waals surface area contributed by atoms with Crippen LogP contribution >= 0.6 is 0 Å². The van der Waals surface area contributed by atoms with Crippen molar-refractivity contribution in [1.82, 2.24) is 10.3 Å². The second-order valence-electron chi connectivity index (χ2n) is 2.50. The maximum Gasteiger partial charge on any atom is 0.433 e. The van der Waals surface area contributed by atoms with Gasteiger partial charge in [-0.25, -0.2) is 0 Å². The van der Waals surface area contributed by atoms with Crippen LogP contribution in [-0.4, -0.2) is 10.9 Å². The molecule has 0 atom stereocenters. The fourth-order valence-electron chi connectivity index (χ4n) is 0.819. The molecule has 7 heteroatoms. The number of pyridine rings is 1. The van der Waals surface area contributed by atoms with Gasteiger partial charge in [0, 0.05) is 6.20 Å². The molecule has 0 bridgehead atoms. The van der Waals surface area contributed by atoms with E-state index in [1.165, 1.54) is 6.19 Å². The highest BCUT2D eigenvalue weighted by atomic mass is 19.4. The van der Waals surface area contributed by atoms with Crippen LogP contribution in [0.3, 0.4) is 0 Å². The van der Waals surface area contributed by atoms with Gasteiger partial charge in [0.25, 0.3) is 5.91 Å². The summed E-state index contributed by atoms with van der Waals surface area (Å²) in [6, 6.07) is 1.62. The average Bonchev–Trinajstić information content (AvgIpc) is 2.17. The molecule has 0 aliphatic rings. The van der Waals surface area contributed by atoms with Crippen LogP contribution in [0.25, 0.3) is 0 Å². The Morgan fingerprint density at radius 2 is 2.13 bits per heavy atom. The van der Waals surface area contributed by atoms with Gasteiger partial charge in [-0.05, 0) is 12.1 Å². The highest BCUT2D eigenvalue weighted by molar-refractivity contribution is 5.94. The summed E-state index contributed by atoms with van der Waals surface area (Å²) < 4.78 is 36.2. The molecule has 1 heterocycles. The van der Waals surface area contributed by atoms with Gasteiger partial charge in [-0.15, -0.1) is 0 Å². The summed E-state index contributed by atoms with van der Waals surface area (Å²) in [5.41, 5.74) is -1.19. The van der Waals surface area contributed by atoms with Crippen LogP contribution in [0.2, 0.25) is 0 Å². The number of carbonyl (C=O) groups excluding carboxylic acids is 1. The molecule has 0 fully saturated rings. The summed E-state index contributed by atoms with van der Waals surface area (Å²) in [5, 5.41) is 9.86. The SMILES string of the molecule is N#CNC(=O)c1ccc(C(F)(F)F)nc1. The van der Waals surface area contributed by atoms with Gasteiger partial charge in [-0.3, -0.25) is 15.1 Å². The van der Waals surface area contributed by atoms with Crippen molar-refractivity contribution in [3.63, 3.8) is 0 Å². The van der Waals surface area contributed by atoms with Crippen LogP contribution in [0.4, 0.5) is 13.2 Å². The number of nitrogens with one attached hydrogen (secondary N) is 1. The molecule has 15 heavy (non-hydrogen) atoms. The van der Waals surface area contributed by atoms with Crippen LogP contribution < -0.4 is 5.32 Å². The highest BCUT2D eigenvalue weighted by Gasteiger charge is 2.32. The molecule has 0 saturated carbocycles. The minimum atomic E-state index is -4.54. The molecule has 0 saturated heterocycles. The maximum atomic E-state index is 12.1. The number of nitrogens with zero attached hydrogens (tertiary/aromatic N) is 2. The third kappa shape index (κ3) is 2.67. The zero-order valence-corrected chi connectivity index (χ0v) is 7.17. The first kappa shape index (κ1) is 11.0. The van der Waals surface area contributed by atoms with Gasteiger partial charge in [0.15, 0.2) is 6.19 Å². The van der Waals surface area contributed by atoms with Crippen LogP contribution in [0, 0.1) is 11.5 Å².